The SMILES string of the molecule is COc1ccc(C[N+](C(=N)[C@@H](Cc2c[nH]c3ccccc23)NC(=O)C2CNCCN2)=C(N)CCc2ccccc2)cc1. The number of aromatic amines is 1. The van der Waals surface area contributed by atoms with Gasteiger partial charge in [0.15, 0.2) is 5.84 Å². The van der Waals surface area contributed by atoms with Crippen molar-refractivity contribution in [3.05, 3.63) is 102 Å². The topological polar surface area (TPSA) is 131 Å². The molecule has 1 amide bonds. The monoisotopic (exact) mass is 566 g/mol. The fourth-order valence-electron chi connectivity index (χ4n) is 5.34. The van der Waals surface area contributed by atoms with Crippen molar-refractivity contribution in [1.82, 2.24) is 20.9 Å². The highest BCUT2D eigenvalue weighted by molar-refractivity contribution is 5.92. The van der Waals surface area contributed by atoms with Crippen molar-refractivity contribution < 1.29 is 14.1 Å². The number of hydrogen-bond acceptors (Lipinski definition) is 5. The van der Waals surface area contributed by atoms with Gasteiger partial charge in [-0.2, -0.15) is 5.41 Å². The zero-order chi connectivity index (χ0) is 29.3. The molecule has 1 saturated heterocycles. The lowest BCUT2D eigenvalue weighted by atomic mass is 10.0. The highest BCUT2D eigenvalue weighted by Crippen LogP contribution is 2.20. The molecule has 0 saturated carbocycles. The molecule has 1 aliphatic rings. The fourth-order valence-corrected chi connectivity index (χ4v) is 5.34. The second kappa shape index (κ2) is 13.9. The molecule has 0 aliphatic carbocycles. The molecule has 1 fully saturated rings. The van der Waals surface area contributed by atoms with E-state index in [1.54, 1.807) is 7.11 Å². The van der Waals surface area contributed by atoms with E-state index >= 15 is 0 Å². The van der Waals surface area contributed by atoms with E-state index in [-0.39, 0.29) is 17.8 Å². The number of rotatable bonds is 11. The summed E-state index contributed by atoms with van der Waals surface area (Å²) < 4.78 is 7.19. The van der Waals surface area contributed by atoms with Crippen molar-refractivity contribution >= 4 is 28.5 Å². The van der Waals surface area contributed by atoms with Gasteiger partial charge in [0, 0.05) is 49.6 Å². The minimum Gasteiger partial charge on any atom is -0.497 e. The zero-order valence-corrected chi connectivity index (χ0v) is 24.0. The van der Waals surface area contributed by atoms with Gasteiger partial charge in [-0.05, 0) is 41.3 Å². The number of carbonyl (C=O) groups excluding carboxylic acids is 1. The highest BCUT2D eigenvalue weighted by Gasteiger charge is 2.30. The Hall–Kier alpha value is -4.47. The number of amides is 1. The first-order valence-electron chi connectivity index (χ1n) is 14.5. The Labute approximate surface area is 246 Å². The predicted octanol–water partition coefficient (Wildman–Crippen LogP) is 2.95. The minimum atomic E-state index is -0.603. The number of aryl methyl sites for hydroxylation is 1. The molecular weight excluding hydrogens is 526 g/mol. The van der Waals surface area contributed by atoms with Crippen LogP contribution in [0.4, 0.5) is 0 Å². The molecule has 0 radical (unpaired) electrons. The highest BCUT2D eigenvalue weighted by atomic mass is 16.5. The van der Waals surface area contributed by atoms with Crippen LogP contribution in [-0.2, 0) is 24.2 Å². The molecule has 42 heavy (non-hydrogen) atoms. The Morgan fingerprint density at radius 2 is 1.81 bits per heavy atom. The number of nitrogens with one attached hydrogen (secondary N) is 5. The van der Waals surface area contributed by atoms with E-state index < -0.39 is 6.04 Å². The molecule has 9 nitrogen and oxygen atoms in total. The van der Waals surface area contributed by atoms with Crippen LogP contribution in [0.2, 0.25) is 0 Å². The van der Waals surface area contributed by atoms with Crippen molar-refractivity contribution in [2.75, 3.05) is 26.7 Å². The van der Waals surface area contributed by atoms with Gasteiger partial charge < -0.3 is 31.4 Å². The van der Waals surface area contributed by atoms with Gasteiger partial charge in [0.25, 0.3) is 5.84 Å². The lowest BCUT2D eigenvalue weighted by molar-refractivity contribution is -0.433. The van der Waals surface area contributed by atoms with Gasteiger partial charge in [-0.1, -0.05) is 60.7 Å². The number of carbonyl (C=O) groups is 1. The lowest BCUT2D eigenvalue weighted by Gasteiger charge is -2.27. The molecule has 3 aromatic carbocycles. The number of piperazine rings is 1. The van der Waals surface area contributed by atoms with E-state index in [4.69, 9.17) is 10.5 Å². The third-order valence-corrected chi connectivity index (χ3v) is 7.75. The number of benzene rings is 3. The van der Waals surface area contributed by atoms with Gasteiger partial charge >= 0.3 is 0 Å². The summed E-state index contributed by atoms with van der Waals surface area (Å²) in [6.45, 7) is 2.47. The molecule has 5 rings (SSSR count). The summed E-state index contributed by atoms with van der Waals surface area (Å²) >= 11 is 0. The summed E-state index contributed by atoms with van der Waals surface area (Å²) in [5, 5.41) is 20.3. The van der Waals surface area contributed by atoms with Crippen LogP contribution < -0.4 is 26.4 Å². The van der Waals surface area contributed by atoms with E-state index in [1.165, 1.54) is 5.56 Å². The molecule has 1 unspecified atom stereocenters. The first-order valence-corrected chi connectivity index (χ1v) is 14.5. The number of fused-ring (bicyclic) bond motifs is 1. The number of H-pyrrole nitrogens is 1. The maximum atomic E-state index is 13.4. The summed E-state index contributed by atoms with van der Waals surface area (Å²) in [6, 6.07) is 25.1. The summed E-state index contributed by atoms with van der Waals surface area (Å²) in [4.78, 5) is 16.8. The quantitative estimate of drug-likeness (QED) is 0.0944. The third-order valence-electron chi connectivity index (χ3n) is 7.75. The molecule has 0 bridgehead atoms. The van der Waals surface area contributed by atoms with Gasteiger partial charge in [-0.15, -0.1) is 0 Å². The number of aromatic nitrogens is 1. The Morgan fingerprint density at radius 3 is 2.55 bits per heavy atom. The Morgan fingerprint density at radius 1 is 1.05 bits per heavy atom. The molecule has 4 aromatic rings. The molecule has 0 spiro atoms. The molecule has 2 atom stereocenters. The molecule has 1 aromatic heterocycles. The number of nitrogens with zero attached hydrogens (tertiary/aromatic N) is 1. The van der Waals surface area contributed by atoms with Crippen LogP contribution in [0.3, 0.4) is 0 Å². The molecule has 218 valence electrons. The number of para-hydroxylation sites is 1. The summed E-state index contributed by atoms with van der Waals surface area (Å²) in [5.41, 5.74) is 11.0. The van der Waals surface area contributed by atoms with E-state index in [9.17, 15) is 10.2 Å². The minimum absolute atomic E-state index is 0.135. The molecule has 9 heteroatoms. The van der Waals surface area contributed by atoms with E-state index in [0.29, 0.717) is 38.3 Å². The second-order valence-electron chi connectivity index (χ2n) is 10.6. The fraction of sp³-hybridized carbons (Fsp3) is 0.303. The average Bonchev–Trinajstić information content (AvgIpc) is 3.45. The van der Waals surface area contributed by atoms with E-state index in [1.807, 2.05) is 71.4 Å². The van der Waals surface area contributed by atoms with Crippen molar-refractivity contribution in [3.63, 3.8) is 0 Å². The van der Waals surface area contributed by atoms with Crippen LogP contribution in [0.15, 0.2) is 85.1 Å². The van der Waals surface area contributed by atoms with E-state index in [0.717, 1.165) is 40.7 Å². The molecular formula is C33H40N7O2+. The van der Waals surface area contributed by atoms with Crippen LogP contribution in [0, 0.1) is 5.41 Å². The number of nitrogens with two attached hydrogens (primary N) is 1. The number of methoxy groups -OCH3 is 1. The molecule has 7 N–H and O–H groups in total. The Bertz CT molecular complexity index is 1520. The largest absolute Gasteiger partial charge is 0.497 e. The summed E-state index contributed by atoms with van der Waals surface area (Å²) in [7, 11) is 1.64. The van der Waals surface area contributed by atoms with Crippen molar-refractivity contribution in [3.8, 4) is 5.75 Å². The van der Waals surface area contributed by atoms with Crippen LogP contribution in [0.25, 0.3) is 10.9 Å². The second-order valence-corrected chi connectivity index (χ2v) is 10.6. The van der Waals surface area contributed by atoms with Gasteiger partial charge in [-0.25, -0.2) is 4.58 Å². The molecule has 2 heterocycles. The van der Waals surface area contributed by atoms with Gasteiger partial charge in [-0.3, -0.25) is 4.79 Å². The Kier molecular flexibility index (Phi) is 9.63. The van der Waals surface area contributed by atoms with Crippen LogP contribution in [0.5, 0.6) is 5.75 Å². The smallest absolute Gasteiger partial charge is 0.253 e. The summed E-state index contributed by atoms with van der Waals surface area (Å²) in [6.07, 6.45) is 3.73. The maximum Gasteiger partial charge on any atom is 0.253 e. The first-order chi connectivity index (χ1) is 20.5. The standard InChI is InChI=1S/C33H39N7O2/c1-42-26-14-11-24(12-15-26)22-40(31(34)16-13-23-7-3-2-4-8-23)32(35)29(39-33(41)30-21-36-17-18-37-30)19-25-20-38-28-10-6-5-9-27(25)28/h2-12,14-15,20,29-30,34-38H,13,16-19,21-22H2,1H3,(H,39,41)/p+1/t29-,30?/m1/s1. The van der Waals surface area contributed by atoms with Crippen molar-refractivity contribution in [1.29, 1.82) is 5.41 Å². The average molecular weight is 567 g/mol. The predicted molar refractivity (Wildman–Crippen MR) is 167 cm³/mol. The third kappa shape index (κ3) is 7.23. The van der Waals surface area contributed by atoms with Gasteiger partial charge in [0.05, 0.1) is 19.7 Å². The maximum absolute atomic E-state index is 13.4. The van der Waals surface area contributed by atoms with Gasteiger partial charge in [0.1, 0.15) is 11.8 Å². The molecule has 1 aliphatic heterocycles. The number of hydrogen-bond donors (Lipinski definition) is 6. The van der Waals surface area contributed by atoms with Crippen LogP contribution >= 0.6 is 0 Å². The van der Waals surface area contributed by atoms with Crippen molar-refractivity contribution in [2.24, 2.45) is 5.73 Å². The van der Waals surface area contributed by atoms with Crippen molar-refractivity contribution in [2.45, 2.75) is 37.9 Å². The summed E-state index contributed by atoms with van der Waals surface area (Å²) in [5.74, 6) is 1.46. The normalized spacial score (nSPS) is 16.5. The number of amidine groups is 2. The lowest BCUT2D eigenvalue weighted by Crippen LogP contribution is -2.59. The van der Waals surface area contributed by atoms with Gasteiger partial charge in [0.2, 0.25) is 5.91 Å². The zero-order valence-electron chi connectivity index (χ0n) is 24.0. The Balaban J connectivity index is 1.47. The van der Waals surface area contributed by atoms with E-state index in [2.05, 4.69) is 39.1 Å². The van der Waals surface area contributed by atoms with Crippen LogP contribution in [0.1, 0.15) is 23.1 Å². The first kappa shape index (κ1) is 29.0. The number of ether oxygens (including phenoxy) is 1. The van der Waals surface area contributed by atoms with Crippen LogP contribution in [-0.4, -0.2) is 66.0 Å².